The van der Waals surface area contributed by atoms with E-state index in [1.807, 2.05) is 30.3 Å². The van der Waals surface area contributed by atoms with Gasteiger partial charge in [0.1, 0.15) is 23.1 Å². The largest absolute Gasteiger partial charge is 0.481 e. The van der Waals surface area contributed by atoms with Crippen LogP contribution in [0.25, 0.3) is 0 Å². The molecule has 49 heavy (non-hydrogen) atoms. The summed E-state index contributed by atoms with van der Waals surface area (Å²) < 4.78 is 32.8. The SMILES string of the molecule is COc1cc(OC)nc(Oc2cccc(Oc3nc(OC)cc(OC)n3)c2C(=O)ONC(C(=O)NCc2ccccc2)c2ccccc2)n1. The minimum absolute atomic E-state index is 0.0840. The predicted molar refractivity (Wildman–Crippen MR) is 173 cm³/mol. The number of nitrogens with zero attached hydrogens (tertiary/aromatic N) is 4. The van der Waals surface area contributed by atoms with E-state index in [2.05, 4.69) is 30.7 Å². The molecule has 0 aliphatic carbocycles. The Kier molecular flexibility index (Phi) is 11.3. The molecule has 0 bridgehead atoms. The molecule has 0 saturated heterocycles. The Morgan fingerprint density at radius 1 is 0.633 bits per heavy atom. The number of benzene rings is 3. The minimum atomic E-state index is -1.09. The Hall–Kier alpha value is -6.48. The molecule has 2 heterocycles. The van der Waals surface area contributed by atoms with E-state index < -0.39 is 17.9 Å². The van der Waals surface area contributed by atoms with Gasteiger partial charge in [-0.05, 0) is 23.3 Å². The van der Waals surface area contributed by atoms with Crippen LogP contribution in [0.5, 0.6) is 47.0 Å². The lowest BCUT2D eigenvalue weighted by atomic mass is 10.1. The van der Waals surface area contributed by atoms with Crippen molar-refractivity contribution in [1.29, 1.82) is 0 Å². The summed E-state index contributed by atoms with van der Waals surface area (Å²) in [6.45, 7) is 0.251. The maximum absolute atomic E-state index is 13.9. The molecule has 1 amide bonds. The molecule has 0 spiro atoms. The van der Waals surface area contributed by atoms with Gasteiger partial charge in [0, 0.05) is 6.54 Å². The number of amides is 1. The Labute approximate surface area is 281 Å². The van der Waals surface area contributed by atoms with Gasteiger partial charge in [-0.25, -0.2) is 4.79 Å². The quantitative estimate of drug-likeness (QED) is 0.148. The first kappa shape index (κ1) is 33.9. The van der Waals surface area contributed by atoms with Crippen molar-refractivity contribution in [2.45, 2.75) is 12.6 Å². The van der Waals surface area contributed by atoms with Crippen molar-refractivity contribution in [2.75, 3.05) is 28.4 Å². The van der Waals surface area contributed by atoms with Crippen LogP contribution in [0.15, 0.2) is 91.0 Å². The number of methoxy groups -OCH3 is 4. The molecule has 1 atom stereocenters. The molecule has 0 saturated carbocycles. The second kappa shape index (κ2) is 16.4. The van der Waals surface area contributed by atoms with Crippen molar-refractivity contribution in [3.05, 3.63) is 108 Å². The molecule has 0 fully saturated rings. The topological polar surface area (TPSA) is 174 Å². The summed E-state index contributed by atoms with van der Waals surface area (Å²) in [7, 11) is 5.65. The lowest BCUT2D eigenvalue weighted by Crippen LogP contribution is -2.38. The van der Waals surface area contributed by atoms with E-state index in [1.54, 1.807) is 36.4 Å². The first-order chi connectivity index (χ1) is 23.9. The first-order valence-corrected chi connectivity index (χ1v) is 14.7. The molecule has 15 nitrogen and oxygen atoms in total. The Morgan fingerprint density at radius 3 is 1.57 bits per heavy atom. The van der Waals surface area contributed by atoms with Crippen LogP contribution in [-0.4, -0.2) is 60.3 Å². The third-order valence-electron chi connectivity index (χ3n) is 6.72. The number of carbonyl (C=O) groups is 2. The summed E-state index contributed by atoms with van der Waals surface area (Å²) in [6, 6.07) is 24.0. The van der Waals surface area contributed by atoms with Gasteiger partial charge in [-0.15, -0.1) is 5.48 Å². The van der Waals surface area contributed by atoms with Crippen molar-refractivity contribution in [3.8, 4) is 47.0 Å². The van der Waals surface area contributed by atoms with E-state index in [1.165, 1.54) is 52.7 Å². The van der Waals surface area contributed by atoms with Gasteiger partial charge in [0.05, 0.1) is 40.6 Å². The number of rotatable bonds is 15. The smallest absolute Gasteiger partial charge is 0.364 e. The lowest BCUT2D eigenvalue weighted by Gasteiger charge is -2.19. The van der Waals surface area contributed by atoms with Crippen molar-refractivity contribution in [3.63, 3.8) is 0 Å². The molecule has 3 aromatic carbocycles. The van der Waals surface area contributed by atoms with Crippen LogP contribution in [0, 0.1) is 0 Å². The number of aromatic nitrogens is 4. The van der Waals surface area contributed by atoms with Gasteiger partial charge in [0.15, 0.2) is 0 Å². The highest BCUT2D eigenvalue weighted by Crippen LogP contribution is 2.35. The number of carbonyl (C=O) groups excluding carboxylic acids is 2. The summed E-state index contributed by atoms with van der Waals surface area (Å²) in [5, 5.41) is 2.87. The van der Waals surface area contributed by atoms with Crippen molar-refractivity contribution in [2.24, 2.45) is 0 Å². The number of hydrogen-bond acceptors (Lipinski definition) is 14. The summed E-state index contributed by atoms with van der Waals surface area (Å²) in [5.41, 5.74) is 3.80. The van der Waals surface area contributed by atoms with Crippen molar-refractivity contribution < 1.29 is 42.8 Å². The molecule has 5 aromatic rings. The van der Waals surface area contributed by atoms with Crippen LogP contribution in [0.2, 0.25) is 0 Å². The number of hydroxylamine groups is 1. The van der Waals surface area contributed by atoms with Gasteiger partial charge in [-0.1, -0.05) is 66.7 Å². The molecular weight excluding hydrogens is 636 g/mol. The third kappa shape index (κ3) is 8.87. The number of nitrogens with one attached hydrogen (secondary N) is 2. The monoisotopic (exact) mass is 668 g/mol. The van der Waals surface area contributed by atoms with E-state index in [4.69, 9.17) is 33.3 Å². The third-order valence-corrected chi connectivity index (χ3v) is 6.72. The molecule has 0 aliphatic heterocycles. The van der Waals surface area contributed by atoms with Gasteiger partial charge in [0.25, 0.3) is 0 Å². The molecular formula is C34H32N6O9. The summed E-state index contributed by atoms with van der Waals surface area (Å²) in [5.74, 6) is -1.04. The van der Waals surface area contributed by atoms with E-state index in [0.717, 1.165) is 5.56 Å². The van der Waals surface area contributed by atoms with Crippen LogP contribution in [0.1, 0.15) is 27.5 Å². The van der Waals surface area contributed by atoms with E-state index in [-0.39, 0.29) is 59.1 Å². The Bertz CT molecular complexity index is 1760. The van der Waals surface area contributed by atoms with Gasteiger partial charge in [0.2, 0.25) is 29.4 Å². The van der Waals surface area contributed by atoms with Gasteiger partial charge < -0.3 is 38.6 Å². The van der Waals surface area contributed by atoms with E-state index >= 15 is 0 Å². The summed E-state index contributed by atoms with van der Waals surface area (Å²) >= 11 is 0. The van der Waals surface area contributed by atoms with Crippen LogP contribution in [-0.2, 0) is 16.2 Å². The maximum atomic E-state index is 13.9. The van der Waals surface area contributed by atoms with Crippen LogP contribution in [0.4, 0.5) is 0 Å². The summed E-state index contributed by atoms with van der Waals surface area (Å²) in [6.07, 6.45) is 0. The normalized spacial score (nSPS) is 11.1. The average Bonchev–Trinajstić information content (AvgIpc) is 3.14. The molecule has 0 aliphatic rings. The molecule has 15 heteroatoms. The fourth-order valence-corrected chi connectivity index (χ4v) is 4.32. The maximum Gasteiger partial charge on any atom is 0.364 e. The lowest BCUT2D eigenvalue weighted by molar-refractivity contribution is -0.126. The van der Waals surface area contributed by atoms with Gasteiger partial charge >= 0.3 is 18.0 Å². The van der Waals surface area contributed by atoms with E-state index in [0.29, 0.717) is 5.56 Å². The summed E-state index contributed by atoms with van der Waals surface area (Å²) in [4.78, 5) is 49.7. The van der Waals surface area contributed by atoms with Crippen molar-refractivity contribution >= 4 is 11.9 Å². The Morgan fingerprint density at radius 2 is 1.10 bits per heavy atom. The van der Waals surface area contributed by atoms with Crippen LogP contribution in [0.3, 0.4) is 0 Å². The highest BCUT2D eigenvalue weighted by atomic mass is 16.7. The fourth-order valence-electron chi connectivity index (χ4n) is 4.32. The standard InChI is InChI=1S/C34H32N6O9/c1-43-25-18-26(44-2)37-33(36-25)47-23-16-11-17-24(48-34-38-27(45-3)19-28(39-34)46-4)29(23)32(42)49-40-30(22-14-9-6-10-15-22)31(41)35-20-21-12-7-5-8-13-21/h5-19,30,40H,20H2,1-4H3,(H,35,41). The molecule has 252 valence electrons. The van der Waals surface area contributed by atoms with Crippen LogP contribution >= 0.6 is 0 Å². The molecule has 0 radical (unpaired) electrons. The zero-order valence-corrected chi connectivity index (χ0v) is 26.9. The molecule has 2 aromatic heterocycles. The van der Waals surface area contributed by atoms with E-state index in [9.17, 15) is 9.59 Å². The van der Waals surface area contributed by atoms with Crippen LogP contribution < -0.4 is 39.2 Å². The highest BCUT2D eigenvalue weighted by Gasteiger charge is 2.27. The van der Waals surface area contributed by atoms with Gasteiger partial charge in [-0.3, -0.25) is 4.79 Å². The molecule has 1 unspecified atom stereocenters. The second-order valence-corrected chi connectivity index (χ2v) is 9.86. The average molecular weight is 669 g/mol. The zero-order chi connectivity index (χ0) is 34.6. The predicted octanol–water partition coefficient (Wildman–Crippen LogP) is 4.60. The minimum Gasteiger partial charge on any atom is -0.481 e. The van der Waals surface area contributed by atoms with Gasteiger partial charge in [-0.2, -0.15) is 19.9 Å². The first-order valence-electron chi connectivity index (χ1n) is 14.7. The zero-order valence-electron chi connectivity index (χ0n) is 26.9. The highest BCUT2D eigenvalue weighted by molar-refractivity contribution is 5.96. The number of ether oxygens (including phenoxy) is 6. The van der Waals surface area contributed by atoms with Crippen molar-refractivity contribution in [1.82, 2.24) is 30.7 Å². The fraction of sp³-hybridized carbons (Fsp3) is 0.176. The Balaban J connectivity index is 1.48. The molecule has 5 rings (SSSR count). The second-order valence-electron chi connectivity index (χ2n) is 9.86. The molecule has 2 N–H and O–H groups in total. The number of hydrogen-bond donors (Lipinski definition) is 2.